The largest absolute Gasteiger partial charge is 0.435 e. The molecule has 116 valence electrons. The number of anilines is 1. The number of hydrogen-bond acceptors (Lipinski definition) is 4. The van der Waals surface area contributed by atoms with E-state index in [1.165, 1.54) is 30.3 Å². The molecule has 0 fully saturated rings. The summed E-state index contributed by atoms with van der Waals surface area (Å²) in [6, 6.07) is 10.2. The van der Waals surface area contributed by atoms with E-state index >= 15 is 0 Å². The van der Waals surface area contributed by atoms with Gasteiger partial charge in [0.05, 0.1) is 15.6 Å². The molecule has 2 rings (SSSR count). The van der Waals surface area contributed by atoms with Gasteiger partial charge < -0.3 is 10.1 Å². The van der Waals surface area contributed by atoms with E-state index in [0.717, 1.165) is 5.56 Å². The molecule has 22 heavy (non-hydrogen) atoms. The lowest BCUT2D eigenvalue weighted by molar-refractivity contribution is -0.384. The second-order valence-electron chi connectivity index (χ2n) is 4.30. The molecule has 0 heterocycles. The van der Waals surface area contributed by atoms with Crippen LogP contribution < -0.4 is 10.1 Å². The van der Waals surface area contributed by atoms with Gasteiger partial charge in [0.15, 0.2) is 0 Å². The molecule has 0 amide bonds. The summed E-state index contributed by atoms with van der Waals surface area (Å²) in [5.41, 5.74) is 1.26. The van der Waals surface area contributed by atoms with Crippen molar-refractivity contribution >= 4 is 23.0 Å². The van der Waals surface area contributed by atoms with E-state index in [1.54, 1.807) is 12.1 Å². The summed E-state index contributed by atoms with van der Waals surface area (Å²) in [5.74, 6) is 0.0760. The molecule has 0 aliphatic heterocycles. The predicted molar refractivity (Wildman–Crippen MR) is 78.5 cm³/mol. The van der Waals surface area contributed by atoms with Gasteiger partial charge in [-0.2, -0.15) is 8.78 Å². The van der Waals surface area contributed by atoms with Crippen LogP contribution in [0.25, 0.3) is 0 Å². The Labute approximate surface area is 129 Å². The van der Waals surface area contributed by atoms with Crippen LogP contribution in [0.3, 0.4) is 0 Å². The molecule has 0 saturated heterocycles. The fraction of sp³-hybridized carbons (Fsp3) is 0.143. The molecule has 0 spiro atoms. The number of non-ortho nitro benzene ring substituents is 1. The highest BCUT2D eigenvalue weighted by Crippen LogP contribution is 2.27. The van der Waals surface area contributed by atoms with Crippen molar-refractivity contribution in [3.8, 4) is 5.75 Å². The molecule has 8 heteroatoms. The van der Waals surface area contributed by atoms with Gasteiger partial charge in [-0.05, 0) is 23.8 Å². The number of ether oxygens (including phenoxy) is 1. The van der Waals surface area contributed by atoms with Crippen molar-refractivity contribution in [1.29, 1.82) is 0 Å². The third-order valence-electron chi connectivity index (χ3n) is 2.79. The molecule has 5 nitrogen and oxygen atoms in total. The number of benzene rings is 2. The Hall–Kier alpha value is -2.41. The summed E-state index contributed by atoms with van der Waals surface area (Å²) >= 11 is 5.95. The normalized spacial score (nSPS) is 10.5. The Kier molecular flexibility index (Phi) is 5.11. The SMILES string of the molecule is O=[N+]([O-])c1ccc(NCc2ccc(OC(F)F)cc2)c(Cl)c1. The number of nitrogens with one attached hydrogen (secondary N) is 1. The molecule has 0 aliphatic rings. The highest BCUT2D eigenvalue weighted by molar-refractivity contribution is 6.33. The van der Waals surface area contributed by atoms with Crippen molar-refractivity contribution in [3.05, 3.63) is 63.2 Å². The zero-order valence-electron chi connectivity index (χ0n) is 11.1. The van der Waals surface area contributed by atoms with Crippen molar-refractivity contribution in [3.63, 3.8) is 0 Å². The van der Waals surface area contributed by atoms with Gasteiger partial charge in [0.1, 0.15) is 5.75 Å². The molecular formula is C14H11ClF2N2O3. The molecule has 2 aromatic carbocycles. The average Bonchev–Trinajstić information content (AvgIpc) is 2.46. The van der Waals surface area contributed by atoms with Gasteiger partial charge in [-0.1, -0.05) is 23.7 Å². The first-order valence-electron chi connectivity index (χ1n) is 6.17. The first-order chi connectivity index (χ1) is 10.5. The third-order valence-corrected chi connectivity index (χ3v) is 3.11. The molecule has 0 saturated carbocycles. The average molecular weight is 329 g/mol. The topological polar surface area (TPSA) is 64.4 Å². The van der Waals surface area contributed by atoms with Crippen LogP contribution in [0.4, 0.5) is 20.2 Å². The predicted octanol–water partition coefficient (Wildman–Crippen LogP) is 4.46. The lowest BCUT2D eigenvalue weighted by atomic mass is 10.2. The summed E-state index contributed by atoms with van der Waals surface area (Å²) in [6.07, 6.45) is 0. The molecule has 0 aliphatic carbocycles. The van der Waals surface area contributed by atoms with Crippen molar-refractivity contribution in [2.24, 2.45) is 0 Å². The van der Waals surface area contributed by atoms with Crippen molar-refractivity contribution in [1.82, 2.24) is 0 Å². The quantitative estimate of drug-likeness (QED) is 0.628. The maximum Gasteiger partial charge on any atom is 0.387 e. The van der Waals surface area contributed by atoms with Crippen LogP contribution in [0, 0.1) is 10.1 Å². The Morgan fingerprint density at radius 2 is 1.91 bits per heavy atom. The van der Waals surface area contributed by atoms with Crippen LogP contribution in [0.1, 0.15) is 5.56 Å². The fourth-order valence-electron chi connectivity index (χ4n) is 1.75. The lowest BCUT2D eigenvalue weighted by Crippen LogP contribution is -2.03. The van der Waals surface area contributed by atoms with Crippen LogP contribution in [0.15, 0.2) is 42.5 Å². The van der Waals surface area contributed by atoms with Crippen molar-refractivity contribution in [2.45, 2.75) is 13.2 Å². The Morgan fingerprint density at radius 1 is 1.23 bits per heavy atom. The molecule has 0 unspecified atom stereocenters. The summed E-state index contributed by atoms with van der Waals surface area (Å²) < 4.78 is 28.3. The molecule has 0 bridgehead atoms. The summed E-state index contributed by atoms with van der Waals surface area (Å²) in [7, 11) is 0. The highest BCUT2D eigenvalue weighted by Gasteiger charge is 2.09. The molecule has 0 radical (unpaired) electrons. The van der Waals surface area contributed by atoms with Crippen LogP contribution in [0.5, 0.6) is 5.75 Å². The Bertz CT molecular complexity index is 666. The van der Waals surface area contributed by atoms with E-state index in [4.69, 9.17) is 11.6 Å². The monoisotopic (exact) mass is 328 g/mol. The van der Waals surface area contributed by atoms with E-state index in [9.17, 15) is 18.9 Å². The Balaban J connectivity index is 1.99. The second kappa shape index (κ2) is 7.04. The zero-order valence-corrected chi connectivity index (χ0v) is 11.9. The van der Waals surface area contributed by atoms with E-state index in [-0.39, 0.29) is 16.5 Å². The van der Waals surface area contributed by atoms with E-state index in [2.05, 4.69) is 10.1 Å². The maximum atomic E-state index is 12.0. The number of nitro groups is 1. The van der Waals surface area contributed by atoms with Crippen LogP contribution in [0.2, 0.25) is 5.02 Å². The standard InChI is InChI=1S/C14H11ClF2N2O3/c15-12-7-10(19(20)21)3-6-13(12)18-8-9-1-4-11(5-2-9)22-14(16)17/h1-7,14,18H,8H2. The van der Waals surface area contributed by atoms with E-state index in [1.807, 2.05) is 0 Å². The summed E-state index contributed by atoms with van der Waals surface area (Å²) in [6.45, 7) is -2.48. The molecular weight excluding hydrogens is 318 g/mol. The van der Waals surface area contributed by atoms with E-state index < -0.39 is 11.5 Å². The molecule has 1 N–H and O–H groups in total. The third kappa shape index (κ3) is 4.29. The van der Waals surface area contributed by atoms with Gasteiger partial charge in [0.25, 0.3) is 5.69 Å². The van der Waals surface area contributed by atoms with Gasteiger partial charge in [-0.3, -0.25) is 10.1 Å². The first-order valence-corrected chi connectivity index (χ1v) is 6.55. The number of nitro benzene ring substituents is 1. The van der Waals surface area contributed by atoms with Gasteiger partial charge in [-0.15, -0.1) is 0 Å². The van der Waals surface area contributed by atoms with Gasteiger partial charge in [-0.25, -0.2) is 0 Å². The van der Waals surface area contributed by atoms with Crippen LogP contribution >= 0.6 is 11.6 Å². The zero-order chi connectivity index (χ0) is 16.1. The number of alkyl halides is 2. The lowest BCUT2D eigenvalue weighted by Gasteiger charge is -2.09. The minimum Gasteiger partial charge on any atom is -0.435 e. The second-order valence-corrected chi connectivity index (χ2v) is 4.70. The van der Waals surface area contributed by atoms with Crippen molar-refractivity contribution in [2.75, 3.05) is 5.32 Å². The minimum absolute atomic E-state index is 0.0760. The Morgan fingerprint density at radius 3 is 2.45 bits per heavy atom. The highest BCUT2D eigenvalue weighted by atomic mass is 35.5. The van der Waals surface area contributed by atoms with Gasteiger partial charge in [0.2, 0.25) is 0 Å². The van der Waals surface area contributed by atoms with E-state index in [0.29, 0.717) is 12.2 Å². The number of nitrogens with zero attached hydrogens (tertiary/aromatic N) is 1. The number of hydrogen-bond donors (Lipinski definition) is 1. The smallest absolute Gasteiger partial charge is 0.387 e. The summed E-state index contributed by atoms with van der Waals surface area (Å²) in [5, 5.41) is 13.9. The van der Waals surface area contributed by atoms with Gasteiger partial charge in [0, 0.05) is 18.7 Å². The molecule has 0 atom stereocenters. The van der Waals surface area contributed by atoms with Gasteiger partial charge >= 0.3 is 6.61 Å². The van der Waals surface area contributed by atoms with Crippen LogP contribution in [-0.4, -0.2) is 11.5 Å². The van der Waals surface area contributed by atoms with Crippen molar-refractivity contribution < 1.29 is 18.4 Å². The first kappa shape index (κ1) is 16.0. The fourth-order valence-corrected chi connectivity index (χ4v) is 1.99. The number of rotatable bonds is 6. The number of halogens is 3. The maximum absolute atomic E-state index is 12.0. The minimum atomic E-state index is -2.86. The molecule has 0 aromatic heterocycles. The summed E-state index contributed by atoms with van der Waals surface area (Å²) in [4.78, 5) is 10.1. The molecule has 2 aromatic rings. The van der Waals surface area contributed by atoms with Crippen LogP contribution in [-0.2, 0) is 6.54 Å².